The lowest BCUT2D eigenvalue weighted by Crippen LogP contribution is -2.02. The highest BCUT2D eigenvalue weighted by atomic mass is 35.5. The predicted molar refractivity (Wildman–Crippen MR) is 88.5 cm³/mol. The summed E-state index contributed by atoms with van der Waals surface area (Å²) in [6.07, 6.45) is 16.8. The highest BCUT2D eigenvalue weighted by Gasteiger charge is 1.92. The number of hydrogen-bond donors (Lipinski definition) is 0. The lowest BCUT2D eigenvalue weighted by atomic mass is 10.1. The van der Waals surface area contributed by atoms with Crippen molar-refractivity contribution in [2.75, 3.05) is 25.9 Å². The van der Waals surface area contributed by atoms with E-state index in [1.54, 1.807) is 0 Å². The molecule has 0 radical (unpaired) electrons. The van der Waals surface area contributed by atoms with Crippen molar-refractivity contribution in [1.82, 2.24) is 0 Å². The van der Waals surface area contributed by atoms with E-state index in [9.17, 15) is 0 Å². The Balaban J connectivity index is 2.96. The van der Waals surface area contributed by atoms with Gasteiger partial charge < -0.3 is 9.47 Å². The van der Waals surface area contributed by atoms with Gasteiger partial charge in [-0.1, -0.05) is 64.0 Å². The summed E-state index contributed by atoms with van der Waals surface area (Å²) in [5.41, 5.74) is 0. The SMILES string of the molecule is CCCCCCCCCCOCOCC/C=C\CCCl. The van der Waals surface area contributed by atoms with Gasteiger partial charge in [0, 0.05) is 12.5 Å². The zero-order valence-electron chi connectivity index (χ0n) is 13.2. The van der Waals surface area contributed by atoms with E-state index in [-0.39, 0.29) is 0 Å². The zero-order valence-corrected chi connectivity index (χ0v) is 14.0. The average molecular weight is 305 g/mol. The van der Waals surface area contributed by atoms with E-state index in [0.717, 1.165) is 32.5 Å². The van der Waals surface area contributed by atoms with Crippen LogP contribution >= 0.6 is 11.6 Å². The summed E-state index contributed by atoms with van der Waals surface area (Å²) < 4.78 is 10.8. The second kappa shape index (κ2) is 18.9. The molecule has 0 spiro atoms. The molecule has 0 aromatic carbocycles. The number of alkyl halides is 1. The first kappa shape index (κ1) is 19.9. The van der Waals surface area contributed by atoms with Crippen molar-refractivity contribution in [3.63, 3.8) is 0 Å². The molecular weight excluding hydrogens is 272 g/mol. The fraction of sp³-hybridized carbons (Fsp3) is 0.882. The summed E-state index contributed by atoms with van der Waals surface area (Å²) in [7, 11) is 0. The molecule has 0 atom stereocenters. The smallest absolute Gasteiger partial charge is 0.146 e. The van der Waals surface area contributed by atoms with E-state index in [2.05, 4.69) is 19.1 Å². The lowest BCUT2D eigenvalue weighted by Gasteiger charge is -2.05. The highest BCUT2D eigenvalue weighted by molar-refractivity contribution is 6.17. The average Bonchev–Trinajstić information content (AvgIpc) is 2.47. The summed E-state index contributed by atoms with van der Waals surface area (Å²) in [4.78, 5) is 0. The molecule has 0 heterocycles. The van der Waals surface area contributed by atoms with Crippen molar-refractivity contribution in [1.29, 1.82) is 0 Å². The zero-order chi connectivity index (χ0) is 14.7. The van der Waals surface area contributed by atoms with E-state index >= 15 is 0 Å². The van der Waals surface area contributed by atoms with Crippen LogP contribution in [-0.2, 0) is 9.47 Å². The number of rotatable bonds is 16. The molecule has 0 N–H and O–H groups in total. The lowest BCUT2D eigenvalue weighted by molar-refractivity contribution is -0.0531. The molecule has 0 aromatic rings. The van der Waals surface area contributed by atoms with Gasteiger partial charge in [-0.2, -0.15) is 0 Å². The first-order valence-electron chi connectivity index (χ1n) is 8.28. The summed E-state index contributed by atoms with van der Waals surface area (Å²) in [5, 5.41) is 0. The van der Waals surface area contributed by atoms with E-state index < -0.39 is 0 Å². The van der Waals surface area contributed by atoms with Crippen LogP contribution in [0.5, 0.6) is 0 Å². The summed E-state index contributed by atoms with van der Waals surface area (Å²) in [6.45, 7) is 4.25. The van der Waals surface area contributed by atoms with Crippen molar-refractivity contribution in [3.8, 4) is 0 Å². The Morgan fingerprint density at radius 2 is 1.35 bits per heavy atom. The predicted octanol–water partition coefficient (Wildman–Crippen LogP) is 5.69. The van der Waals surface area contributed by atoms with Crippen LogP contribution in [0.15, 0.2) is 12.2 Å². The van der Waals surface area contributed by atoms with Crippen molar-refractivity contribution in [3.05, 3.63) is 12.2 Å². The quantitative estimate of drug-likeness (QED) is 0.158. The maximum atomic E-state index is 5.56. The molecule has 0 amide bonds. The topological polar surface area (TPSA) is 18.5 Å². The molecule has 0 rings (SSSR count). The van der Waals surface area contributed by atoms with E-state index in [0.29, 0.717) is 12.7 Å². The molecule has 0 unspecified atom stereocenters. The Hall–Kier alpha value is -0.0500. The third-order valence-electron chi connectivity index (χ3n) is 3.18. The van der Waals surface area contributed by atoms with Gasteiger partial charge in [0.15, 0.2) is 0 Å². The molecule has 2 nitrogen and oxygen atoms in total. The summed E-state index contributed by atoms with van der Waals surface area (Å²) >= 11 is 5.56. The molecule has 120 valence electrons. The van der Waals surface area contributed by atoms with Gasteiger partial charge in [-0.15, -0.1) is 11.6 Å². The van der Waals surface area contributed by atoms with Gasteiger partial charge in [0.05, 0.1) is 6.61 Å². The molecule has 0 fully saturated rings. The van der Waals surface area contributed by atoms with Crippen molar-refractivity contribution >= 4 is 11.6 Å². The Morgan fingerprint density at radius 1 is 0.750 bits per heavy atom. The summed E-state index contributed by atoms with van der Waals surface area (Å²) in [6, 6.07) is 0. The van der Waals surface area contributed by atoms with Crippen LogP contribution in [0.3, 0.4) is 0 Å². The largest absolute Gasteiger partial charge is 0.355 e. The molecule has 20 heavy (non-hydrogen) atoms. The minimum atomic E-state index is 0.430. The van der Waals surface area contributed by atoms with Gasteiger partial charge in [-0.05, 0) is 19.3 Å². The Labute approximate surface area is 130 Å². The fourth-order valence-electron chi connectivity index (χ4n) is 1.96. The fourth-order valence-corrected chi connectivity index (χ4v) is 2.09. The van der Waals surface area contributed by atoms with Gasteiger partial charge in [0.25, 0.3) is 0 Å². The normalized spacial score (nSPS) is 11.5. The van der Waals surface area contributed by atoms with Crippen LogP contribution in [0.4, 0.5) is 0 Å². The monoisotopic (exact) mass is 304 g/mol. The second-order valence-corrected chi connectivity index (χ2v) is 5.52. The minimum absolute atomic E-state index is 0.430. The molecule has 0 aromatic heterocycles. The number of halogens is 1. The first-order chi connectivity index (χ1) is 9.91. The van der Waals surface area contributed by atoms with Gasteiger partial charge in [-0.3, -0.25) is 0 Å². The van der Waals surface area contributed by atoms with E-state index in [4.69, 9.17) is 21.1 Å². The number of allylic oxidation sites excluding steroid dienone is 1. The third-order valence-corrected chi connectivity index (χ3v) is 3.40. The molecule has 0 aliphatic carbocycles. The van der Waals surface area contributed by atoms with Crippen molar-refractivity contribution in [2.45, 2.75) is 71.1 Å². The first-order valence-corrected chi connectivity index (χ1v) is 8.81. The Morgan fingerprint density at radius 3 is 2.05 bits per heavy atom. The number of hydrogen-bond acceptors (Lipinski definition) is 2. The molecule has 3 heteroatoms. The van der Waals surface area contributed by atoms with Crippen molar-refractivity contribution in [2.24, 2.45) is 0 Å². The number of ether oxygens (including phenoxy) is 2. The van der Waals surface area contributed by atoms with Gasteiger partial charge >= 0.3 is 0 Å². The molecule has 0 aliphatic rings. The Kier molecular flexibility index (Phi) is 18.9. The molecule has 0 aliphatic heterocycles. The summed E-state index contributed by atoms with van der Waals surface area (Å²) in [5.74, 6) is 0.694. The standard InChI is InChI=1S/C17H33ClO2/c1-2-3-4-5-6-7-9-12-15-19-17-20-16-13-10-8-11-14-18/h8,10H,2-7,9,11-17H2,1H3/b10-8-. The number of unbranched alkanes of at least 4 members (excludes halogenated alkanes) is 7. The van der Waals surface area contributed by atoms with Crippen LogP contribution < -0.4 is 0 Å². The molecule has 0 saturated carbocycles. The minimum Gasteiger partial charge on any atom is -0.355 e. The van der Waals surface area contributed by atoms with Gasteiger partial charge in [0.1, 0.15) is 6.79 Å². The molecule has 0 bridgehead atoms. The van der Waals surface area contributed by atoms with E-state index in [1.807, 2.05) is 0 Å². The maximum Gasteiger partial charge on any atom is 0.146 e. The van der Waals surface area contributed by atoms with E-state index in [1.165, 1.54) is 44.9 Å². The van der Waals surface area contributed by atoms with Crippen molar-refractivity contribution < 1.29 is 9.47 Å². The third kappa shape index (κ3) is 17.9. The highest BCUT2D eigenvalue weighted by Crippen LogP contribution is 2.08. The van der Waals surface area contributed by atoms with Crippen LogP contribution in [0.1, 0.15) is 71.1 Å². The van der Waals surface area contributed by atoms with Crippen LogP contribution in [0.2, 0.25) is 0 Å². The van der Waals surface area contributed by atoms with Crippen LogP contribution in [0, 0.1) is 0 Å². The van der Waals surface area contributed by atoms with Gasteiger partial charge in [0.2, 0.25) is 0 Å². The second-order valence-electron chi connectivity index (χ2n) is 5.15. The molecular formula is C17H33ClO2. The van der Waals surface area contributed by atoms with Crippen LogP contribution in [-0.4, -0.2) is 25.9 Å². The maximum absolute atomic E-state index is 5.56. The van der Waals surface area contributed by atoms with Gasteiger partial charge in [-0.25, -0.2) is 0 Å². The Bertz CT molecular complexity index is 195. The molecule has 0 saturated heterocycles. The van der Waals surface area contributed by atoms with Crippen LogP contribution in [0.25, 0.3) is 0 Å².